The van der Waals surface area contributed by atoms with Gasteiger partial charge in [-0.05, 0) is 31.0 Å². The summed E-state index contributed by atoms with van der Waals surface area (Å²) in [6, 6.07) is 4.15. The predicted molar refractivity (Wildman–Crippen MR) is 155 cm³/mol. The highest BCUT2D eigenvalue weighted by atomic mass is 35.5. The van der Waals surface area contributed by atoms with Crippen LogP contribution in [0.5, 0.6) is 5.75 Å². The summed E-state index contributed by atoms with van der Waals surface area (Å²) in [4.78, 5) is 51.6. The zero-order chi connectivity index (χ0) is 30.7. The number of carbonyl (C=O) groups is 3. The highest BCUT2D eigenvalue weighted by molar-refractivity contribution is 6.30. The van der Waals surface area contributed by atoms with E-state index in [1.807, 2.05) is 0 Å². The lowest BCUT2D eigenvalue weighted by molar-refractivity contribution is -0.137. The molecule has 0 saturated carbocycles. The number of imidazole rings is 1. The molecule has 6 N–H and O–H groups in total. The quantitative estimate of drug-likeness (QED) is 0.213. The number of likely N-dealkylation sites (tertiary alicyclic amines) is 1. The standard InChI is InChI=1S/C27H34ClN9O6/c1-30-25(40)14-5-7-36(8-6-14)18(38)11-42-17-4-3-16(28)9-15(17)10-32-23-20-24(34-12-33-23)37(13-35-20)27-21(39)19(29)22(43-27)26(41)31-2/h3-4,9,12-14,19,21-22,27,39H,5-8,10-11,29H2,1-2H3,(H,30,40)(H,31,41)(H,32,33,34)/t19-,21+,22-,27+/m0/s1. The van der Waals surface area contributed by atoms with Crippen molar-refractivity contribution in [2.45, 2.75) is 43.9 Å². The van der Waals surface area contributed by atoms with E-state index in [-0.39, 0.29) is 30.9 Å². The van der Waals surface area contributed by atoms with Crippen LogP contribution in [0.4, 0.5) is 5.82 Å². The number of nitrogens with zero attached hydrogens (tertiary/aromatic N) is 5. The first-order valence-corrected chi connectivity index (χ1v) is 14.2. The van der Waals surface area contributed by atoms with Gasteiger partial charge in [0.2, 0.25) is 5.91 Å². The number of carbonyl (C=O) groups excluding carboxylic acids is 3. The van der Waals surface area contributed by atoms with Gasteiger partial charge in [-0.15, -0.1) is 0 Å². The van der Waals surface area contributed by atoms with Gasteiger partial charge in [0.05, 0.1) is 12.4 Å². The van der Waals surface area contributed by atoms with Crippen molar-refractivity contribution in [2.24, 2.45) is 11.7 Å². The number of nitrogens with one attached hydrogen (secondary N) is 3. The number of hydrogen-bond donors (Lipinski definition) is 5. The lowest BCUT2D eigenvalue weighted by atomic mass is 9.96. The van der Waals surface area contributed by atoms with E-state index in [0.29, 0.717) is 59.2 Å². The van der Waals surface area contributed by atoms with Gasteiger partial charge in [-0.1, -0.05) is 11.6 Å². The van der Waals surface area contributed by atoms with Crippen LogP contribution >= 0.6 is 11.6 Å². The van der Waals surface area contributed by atoms with Gasteiger partial charge < -0.3 is 41.2 Å². The Hall–Kier alpha value is -4.05. The molecule has 0 bridgehead atoms. The van der Waals surface area contributed by atoms with E-state index < -0.39 is 30.4 Å². The fourth-order valence-corrected chi connectivity index (χ4v) is 5.49. The van der Waals surface area contributed by atoms with Crippen LogP contribution < -0.4 is 26.4 Å². The van der Waals surface area contributed by atoms with Crippen molar-refractivity contribution < 1.29 is 29.0 Å². The molecule has 4 atom stereocenters. The number of hydrogen-bond acceptors (Lipinski definition) is 11. The van der Waals surface area contributed by atoms with Crippen molar-refractivity contribution in [3.63, 3.8) is 0 Å². The third-order valence-corrected chi connectivity index (χ3v) is 7.98. The Balaban J connectivity index is 1.25. The van der Waals surface area contributed by atoms with Crippen molar-refractivity contribution in [2.75, 3.05) is 39.1 Å². The van der Waals surface area contributed by atoms with Crippen LogP contribution in [0.2, 0.25) is 5.02 Å². The molecule has 0 aliphatic carbocycles. The summed E-state index contributed by atoms with van der Waals surface area (Å²) in [6.45, 7) is 1.05. The number of aliphatic hydroxyl groups excluding tert-OH is 1. The monoisotopic (exact) mass is 615 g/mol. The normalized spacial score (nSPS) is 22.4. The molecule has 0 spiro atoms. The maximum atomic E-state index is 12.8. The van der Waals surface area contributed by atoms with Crippen LogP contribution in [0.15, 0.2) is 30.9 Å². The van der Waals surface area contributed by atoms with Crippen molar-refractivity contribution in [1.82, 2.24) is 35.1 Å². The number of benzene rings is 1. The van der Waals surface area contributed by atoms with Crippen LogP contribution in [0, 0.1) is 5.92 Å². The molecule has 4 heterocycles. The van der Waals surface area contributed by atoms with Gasteiger partial charge in [-0.2, -0.15) is 0 Å². The number of amides is 3. The predicted octanol–water partition coefficient (Wildman–Crippen LogP) is -0.213. The minimum atomic E-state index is -1.18. The van der Waals surface area contributed by atoms with E-state index in [9.17, 15) is 19.5 Å². The topological polar surface area (TPSA) is 199 Å². The van der Waals surface area contributed by atoms with Gasteiger partial charge in [-0.25, -0.2) is 15.0 Å². The molecule has 0 unspecified atom stereocenters. The Kier molecular flexibility index (Phi) is 9.25. The van der Waals surface area contributed by atoms with E-state index in [4.69, 9.17) is 26.8 Å². The Bertz CT molecular complexity index is 1490. The number of fused-ring (bicyclic) bond motifs is 1. The Morgan fingerprint density at radius 2 is 1.88 bits per heavy atom. The maximum absolute atomic E-state index is 12.8. The molecular formula is C27H34ClN9O6. The number of nitrogens with two attached hydrogens (primary N) is 1. The zero-order valence-corrected chi connectivity index (χ0v) is 24.5. The van der Waals surface area contributed by atoms with E-state index in [1.165, 1.54) is 24.3 Å². The van der Waals surface area contributed by atoms with Gasteiger partial charge in [0.15, 0.2) is 35.9 Å². The van der Waals surface area contributed by atoms with Gasteiger partial charge in [0.1, 0.15) is 18.2 Å². The number of piperidine rings is 1. The Labute approximate surface area is 252 Å². The number of aliphatic hydroxyl groups is 1. The van der Waals surface area contributed by atoms with Crippen LogP contribution in [0.25, 0.3) is 11.2 Å². The molecule has 2 aromatic heterocycles. The molecule has 15 nitrogen and oxygen atoms in total. The van der Waals surface area contributed by atoms with Crippen LogP contribution in [-0.2, 0) is 25.7 Å². The number of anilines is 1. The molecule has 16 heteroatoms. The third-order valence-electron chi connectivity index (χ3n) is 7.74. The van der Waals surface area contributed by atoms with Crippen LogP contribution in [0.3, 0.4) is 0 Å². The van der Waals surface area contributed by atoms with E-state index in [0.717, 1.165) is 0 Å². The Morgan fingerprint density at radius 3 is 2.60 bits per heavy atom. The molecule has 2 aliphatic heterocycles. The van der Waals surface area contributed by atoms with Crippen molar-refractivity contribution in [3.05, 3.63) is 41.4 Å². The first-order chi connectivity index (χ1) is 20.7. The zero-order valence-electron chi connectivity index (χ0n) is 23.7. The van der Waals surface area contributed by atoms with E-state index in [1.54, 1.807) is 30.1 Å². The molecule has 230 valence electrons. The smallest absolute Gasteiger partial charge is 0.260 e. The second-order valence-corrected chi connectivity index (χ2v) is 10.8. The summed E-state index contributed by atoms with van der Waals surface area (Å²) < 4.78 is 13.2. The number of rotatable bonds is 9. The first kappa shape index (κ1) is 30.4. The molecular weight excluding hydrogens is 582 g/mol. The molecule has 3 aromatic rings. The fourth-order valence-electron chi connectivity index (χ4n) is 5.30. The van der Waals surface area contributed by atoms with Crippen molar-refractivity contribution in [3.8, 4) is 5.75 Å². The summed E-state index contributed by atoms with van der Waals surface area (Å²) in [5.41, 5.74) is 7.48. The van der Waals surface area contributed by atoms with Crippen molar-refractivity contribution in [1.29, 1.82) is 0 Å². The number of halogens is 1. The summed E-state index contributed by atoms with van der Waals surface area (Å²) >= 11 is 6.27. The molecule has 43 heavy (non-hydrogen) atoms. The molecule has 3 amide bonds. The van der Waals surface area contributed by atoms with Crippen LogP contribution in [0.1, 0.15) is 24.6 Å². The SMILES string of the molecule is CNC(=O)C1CCN(C(=O)COc2ccc(Cl)cc2CNc2ncnc3c2ncn3[C@@H]2O[C@H](C(=O)NC)[C@@H](N)[C@H]2O)CC1. The van der Waals surface area contributed by atoms with Gasteiger partial charge in [0.25, 0.3) is 11.8 Å². The molecule has 2 saturated heterocycles. The summed E-state index contributed by atoms with van der Waals surface area (Å²) in [5.74, 6) is 0.167. The average molecular weight is 616 g/mol. The second-order valence-electron chi connectivity index (χ2n) is 10.3. The molecule has 2 aliphatic rings. The number of likely N-dealkylation sites (N-methyl/N-ethyl adjacent to an activating group) is 1. The summed E-state index contributed by atoms with van der Waals surface area (Å²) in [6.07, 6.45) is 0.795. The Morgan fingerprint density at radius 1 is 1.14 bits per heavy atom. The molecule has 0 radical (unpaired) electrons. The van der Waals surface area contributed by atoms with E-state index >= 15 is 0 Å². The lowest BCUT2D eigenvalue weighted by Gasteiger charge is -2.31. The second kappa shape index (κ2) is 13.1. The molecule has 2 fully saturated rings. The number of aromatic nitrogens is 4. The summed E-state index contributed by atoms with van der Waals surface area (Å²) in [5, 5.41) is 19.5. The summed E-state index contributed by atoms with van der Waals surface area (Å²) in [7, 11) is 3.08. The number of ether oxygens (including phenoxy) is 2. The largest absolute Gasteiger partial charge is 0.483 e. The average Bonchev–Trinajstić information content (AvgIpc) is 3.59. The van der Waals surface area contributed by atoms with Gasteiger partial charge in [0, 0.05) is 50.2 Å². The minimum absolute atomic E-state index is 0.00213. The molecule has 1 aromatic carbocycles. The van der Waals surface area contributed by atoms with Gasteiger partial charge in [-0.3, -0.25) is 19.0 Å². The highest BCUT2D eigenvalue weighted by Gasteiger charge is 2.46. The highest BCUT2D eigenvalue weighted by Crippen LogP contribution is 2.32. The fraction of sp³-hybridized carbons (Fsp3) is 0.481. The third kappa shape index (κ3) is 6.34. The van der Waals surface area contributed by atoms with E-state index in [2.05, 4.69) is 30.9 Å². The maximum Gasteiger partial charge on any atom is 0.260 e. The lowest BCUT2D eigenvalue weighted by Crippen LogP contribution is -2.46. The first-order valence-electron chi connectivity index (χ1n) is 13.8. The van der Waals surface area contributed by atoms with Gasteiger partial charge >= 0.3 is 0 Å². The van der Waals surface area contributed by atoms with Crippen LogP contribution in [-0.4, -0.2) is 99.3 Å². The van der Waals surface area contributed by atoms with Crippen molar-refractivity contribution >= 4 is 46.3 Å². The molecule has 5 rings (SSSR count). The minimum Gasteiger partial charge on any atom is -0.483 e.